The van der Waals surface area contributed by atoms with Gasteiger partial charge in [-0.2, -0.15) is 0 Å². The normalized spacial score (nSPS) is 25.2. The molecule has 1 amide bonds. The van der Waals surface area contributed by atoms with Gasteiger partial charge >= 0.3 is 0 Å². The van der Waals surface area contributed by atoms with Crippen LogP contribution in [0.1, 0.15) is 34.6 Å². The first-order chi connectivity index (χ1) is 12.1. The van der Waals surface area contributed by atoms with Crippen molar-refractivity contribution in [3.63, 3.8) is 0 Å². The molecule has 1 aliphatic heterocycles. The van der Waals surface area contributed by atoms with Crippen molar-refractivity contribution >= 4 is 5.91 Å². The smallest absolute Gasteiger partial charge is 0.253 e. The molecule has 2 heterocycles. The molecule has 0 bridgehead atoms. The van der Waals surface area contributed by atoms with Crippen molar-refractivity contribution in [2.75, 3.05) is 13.1 Å². The highest BCUT2D eigenvalue weighted by molar-refractivity contribution is 5.94. The van der Waals surface area contributed by atoms with Gasteiger partial charge in [-0.1, -0.05) is 0 Å². The molecule has 2 aromatic rings. The number of likely N-dealkylation sites (tertiary alicyclic amines) is 1. The molecule has 4 rings (SSSR count). The van der Waals surface area contributed by atoms with Gasteiger partial charge in [0.15, 0.2) is 0 Å². The number of rotatable bonds is 3. The van der Waals surface area contributed by atoms with Crippen molar-refractivity contribution < 1.29 is 9.18 Å². The number of benzene rings is 1. The molecule has 1 aliphatic carbocycles. The van der Waals surface area contributed by atoms with E-state index >= 15 is 0 Å². The zero-order valence-electron chi connectivity index (χ0n) is 14.4. The molecule has 1 aromatic carbocycles. The zero-order chi connectivity index (χ0) is 17.4. The van der Waals surface area contributed by atoms with Gasteiger partial charge in [0.1, 0.15) is 12.1 Å². The number of hydrogen-bond acceptors (Lipinski definition) is 3. The first-order valence-corrected chi connectivity index (χ1v) is 8.92. The Kier molecular flexibility index (Phi) is 4.24. The van der Waals surface area contributed by atoms with Crippen LogP contribution in [0, 0.1) is 30.5 Å². The highest BCUT2D eigenvalue weighted by Gasteiger charge is 2.43. The fourth-order valence-electron chi connectivity index (χ4n) is 4.46. The van der Waals surface area contributed by atoms with Gasteiger partial charge in [-0.15, -0.1) is 0 Å². The average Bonchev–Trinajstić information content (AvgIpc) is 3.17. The Morgan fingerprint density at radius 3 is 2.76 bits per heavy atom. The van der Waals surface area contributed by atoms with Crippen LogP contribution in [0.4, 0.5) is 4.39 Å². The molecule has 1 saturated carbocycles. The summed E-state index contributed by atoms with van der Waals surface area (Å²) in [5.41, 5.74) is 2.67. The van der Waals surface area contributed by atoms with E-state index in [9.17, 15) is 9.18 Å². The van der Waals surface area contributed by atoms with E-state index in [1.165, 1.54) is 25.0 Å². The number of carbonyl (C=O) groups excluding carboxylic acids is 1. The lowest BCUT2D eigenvalue weighted by molar-refractivity contribution is 0.0776. The Bertz CT molecular complexity index is 777. The van der Waals surface area contributed by atoms with Crippen molar-refractivity contribution in [1.29, 1.82) is 0 Å². The van der Waals surface area contributed by atoms with Crippen molar-refractivity contribution in [3.05, 3.63) is 59.4 Å². The molecule has 0 unspecified atom stereocenters. The number of nitrogens with zero attached hydrogens (tertiary/aromatic N) is 3. The molecule has 5 heteroatoms. The van der Waals surface area contributed by atoms with Crippen LogP contribution in [0.2, 0.25) is 0 Å². The Morgan fingerprint density at radius 1 is 1.20 bits per heavy atom. The van der Waals surface area contributed by atoms with E-state index < -0.39 is 0 Å². The summed E-state index contributed by atoms with van der Waals surface area (Å²) >= 11 is 0. The van der Waals surface area contributed by atoms with E-state index in [1.807, 2.05) is 11.8 Å². The number of fused-ring (bicyclic) bond motifs is 1. The summed E-state index contributed by atoms with van der Waals surface area (Å²) in [7, 11) is 0. The van der Waals surface area contributed by atoms with Gasteiger partial charge in [0.25, 0.3) is 5.91 Å². The SMILES string of the molecule is Cc1cc(C[C@H]2CC[C@@H]3CN(C(=O)c4ccc(F)cc4)C[C@H]23)ncn1. The number of amides is 1. The lowest BCUT2D eigenvalue weighted by Crippen LogP contribution is -2.30. The highest BCUT2D eigenvalue weighted by Crippen LogP contribution is 2.43. The zero-order valence-corrected chi connectivity index (χ0v) is 14.4. The fourth-order valence-corrected chi connectivity index (χ4v) is 4.46. The summed E-state index contributed by atoms with van der Waals surface area (Å²) in [5, 5.41) is 0. The van der Waals surface area contributed by atoms with E-state index in [-0.39, 0.29) is 11.7 Å². The average molecular weight is 339 g/mol. The maximum atomic E-state index is 13.1. The van der Waals surface area contributed by atoms with Gasteiger partial charge in [-0.25, -0.2) is 14.4 Å². The first-order valence-electron chi connectivity index (χ1n) is 8.92. The molecule has 0 N–H and O–H groups in total. The van der Waals surface area contributed by atoms with Crippen LogP contribution in [0.5, 0.6) is 0 Å². The van der Waals surface area contributed by atoms with E-state index in [2.05, 4.69) is 16.0 Å². The van der Waals surface area contributed by atoms with Gasteiger partial charge in [0, 0.05) is 30.0 Å². The van der Waals surface area contributed by atoms with Crippen LogP contribution in [-0.4, -0.2) is 33.9 Å². The molecule has 1 saturated heterocycles. The van der Waals surface area contributed by atoms with Crippen LogP contribution in [-0.2, 0) is 6.42 Å². The number of hydrogen-bond donors (Lipinski definition) is 0. The molecule has 0 radical (unpaired) electrons. The summed E-state index contributed by atoms with van der Waals surface area (Å²) in [4.78, 5) is 23.2. The minimum atomic E-state index is -0.310. The second-order valence-electron chi connectivity index (χ2n) is 7.33. The van der Waals surface area contributed by atoms with Gasteiger partial charge in [-0.3, -0.25) is 4.79 Å². The van der Waals surface area contributed by atoms with Crippen molar-refractivity contribution in [3.8, 4) is 0 Å². The lowest BCUT2D eigenvalue weighted by atomic mass is 9.89. The van der Waals surface area contributed by atoms with Gasteiger partial charge < -0.3 is 4.90 Å². The van der Waals surface area contributed by atoms with Gasteiger partial charge in [0.05, 0.1) is 0 Å². The molecular weight excluding hydrogens is 317 g/mol. The monoisotopic (exact) mass is 339 g/mol. The third-order valence-electron chi connectivity index (χ3n) is 5.72. The van der Waals surface area contributed by atoms with Crippen molar-refractivity contribution in [1.82, 2.24) is 14.9 Å². The molecule has 0 spiro atoms. The highest BCUT2D eigenvalue weighted by atomic mass is 19.1. The van der Waals surface area contributed by atoms with E-state index in [4.69, 9.17) is 0 Å². The standard InChI is InChI=1S/C20H22FN3O/c1-13-8-18(23-12-22-13)9-15-2-3-16-10-24(11-19(15)16)20(25)14-4-6-17(21)7-5-14/h4-8,12,15-16,19H,2-3,9-11H2,1H3/t15-,16-,19-/m1/s1. The number of halogens is 1. The molecular formula is C20H22FN3O. The summed E-state index contributed by atoms with van der Waals surface area (Å²) < 4.78 is 13.1. The van der Waals surface area contributed by atoms with E-state index in [1.54, 1.807) is 18.5 Å². The Hall–Kier alpha value is -2.30. The maximum absolute atomic E-state index is 13.1. The third kappa shape index (κ3) is 3.28. The van der Waals surface area contributed by atoms with Crippen LogP contribution >= 0.6 is 0 Å². The predicted molar refractivity (Wildman–Crippen MR) is 92.5 cm³/mol. The minimum Gasteiger partial charge on any atom is -0.338 e. The van der Waals surface area contributed by atoms with E-state index in [0.29, 0.717) is 23.3 Å². The Balaban J connectivity index is 1.44. The first kappa shape index (κ1) is 16.2. The number of aryl methyl sites for hydroxylation is 1. The molecule has 2 fully saturated rings. The number of carbonyl (C=O) groups is 1. The van der Waals surface area contributed by atoms with Crippen molar-refractivity contribution in [2.24, 2.45) is 17.8 Å². The van der Waals surface area contributed by atoms with E-state index in [0.717, 1.165) is 30.9 Å². The summed E-state index contributed by atoms with van der Waals surface area (Å²) in [5.74, 6) is 1.41. The molecule has 130 valence electrons. The number of aromatic nitrogens is 2. The van der Waals surface area contributed by atoms with Crippen molar-refractivity contribution in [2.45, 2.75) is 26.2 Å². The maximum Gasteiger partial charge on any atom is 0.253 e. The third-order valence-corrected chi connectivity index (χ3v) is 5.72. The summed E-state index contributed by atoms with van der Waals surface area (Å²) in [6.45, 7) is 3.61. The van der Waals surface area contributed by atoms with Crippen LogP contribution in [0.15, 0.2) is 36.7 Å². The second-order valence-corrected chi connectivity index (χ2v) is 7.33. The fraction of sp³-hybridized carbons (Fsp3) is 0.450. The van der Waals surface area contributed by atoms with Crippen LogP contribution in [0.25, 0.3) is 0 Å². The topological polar surface area (TPSA) is 46.1 Å². The second kappa shape index (κ2) is 6.54. The molecule has 4 nitrogen and oxygen atoms in total. The summed E-state index contributed by atoms with van der Waals surface area (Å²) in [6.07, 6.45) is 4.97. The van der Waals surface area contributed by atoms with Gasteiger partial charge in [-0.05, 0) is 74.3 Å². The predicted octanol–water partition coefficient (Wildman–Crippen LogP) is 3.27. The van der Waals surface area contributed by atoms with Gasteiger partial charge in [0.2, 0.25) is 0 Å². The quantitative estimate of drug-likeness (QED) is 0.862. The minimum absolute atomic E-state index is 0.0195. The summed E-state index contributed by atoms with van der Waals surface area (Å²) in [6, 6.07) is 7.91. The van der Waals surface area contributed by atoms with Crippen LogP contribution < -0.4 is 0 Å². The molecule has 3 atom stereocenters. The largest absolute Gasteiger partial charge is 0.338 e. The Morgan fingerprint density at radius 2 is 2.00 bits per heavy atom. The molecule has 2 aliphatic rings. The van der Waals surface area contributed by atoms with Crippen LogP contribution in [0.3, 0.4) is 0 Å². The Labute approximate surface area is 147 Å². The molecule has 1 aromatic heterocycles. The lowest BCUT2D eigenvalue weighted by Gasteiger charge is -2.21. The molecule has 25 heavy (non-hydrogen) atoms.